The summed E-state index contributed by atoms with van der Waals surface area (Å²) >= 11 is 0. The zero-order chi connectivity index (χ0) is 31.6. The zero-order valence-electron chi connectivity index (χ0n) is 26.0. The lowest BCUT2D eigenvalue weighted by atomic mass is 9.83. The molecule has 0 saturated heterocycles. The first kappa shape index (κ1) is 26.8. The summed E-state index contributed by atoms with van der Waals surface area (Å²) in [7, 11) is 0. The van der Waals surface area contributed by atoms with Gasteiger partial charge in [0, 0.05) is 5.39 Å². The van der Waals surface area contributed by atoms with E-state index in [9.17, 15) is 0 Å². The van der Waals surface area contributed by atoms with Crippen molar-refractivity contribution in [3.05, 3.63) is 170 Å². The van der Waals surface area contributed by atoms with Gasteiger partial charge in [-0.05, 0) is 89.3 Å². The molecule has 0 fully saturated rings. The molecular formula is C46H28O2. The van der Waals surface area contributed by atoms with Crippen molar-refractivity contribution in [2.24, 2.45) is 0 Å². The van der Waals surface area contributed by atoms with E-state index in [1.54, 1.807) is 0 Å². The summed E-state index contributed by atoms with van der Waals surface area (Å²) in [4.78, 5) is 0. The molecule has 2 nitrogen and oxygen atoms in total. The largest absolute Gasteiger partial charge is 0.449 e. The van der Waals surface area contributed by atoms with Gasteiger partial charge in [0.25, 0.3) is 0 Å². The van der Waals surface area contributed by atoms with E-state index in [1.807, 2.05) is 24.3 Å². The summed E-state index contributed by atoms with van der Waals surface area (Å²) in [6, 6.07) is 60.3. The number of ether oxygens (including phenoxy) is 2. The molecule has 224 valence electrons. The standard InChI is InChI=1S/C46H28O2/c1-2-14-29(15-3-1)44-34-19-7-9-21-36(34)45(37-22-10-8-20-35(37)44)38-27-26-33(30-16-4-5-17-31(30)38)40-28-43-46(39-23-11-6-18-32(39)40)48-42-25-13-12-24-41(42)47-43/h1-28H. The minimum Gasteiger partial charge on any atom is -0.449 e. The maximum atomic E-state index is 6.47. The van der Waals surface area contributed by atoms with E-state index in [0.717, 1.165) is 44.9 Å². The molecule has 1 heterocycles. The van der Waals surface area contributed by atoms with Crippen molar-refractivity contribution in [1.82, 2.24) is 0 Å². The van der Waals surface area contributed by atoms with Gasteiger partial charge in [-0.3, -0.25) is 0 Å². The second-order valence-corrected chi connectivity index (χ2v) is 12.4. The quantitative estimate of drug-likeness (QED) is 0.185. The Morgan fingerprint density at radius 2 is 0.708 bits per heavy atom. The fourth-order valence-electron chi connectivity index (χ4n) is 7.66. The molecule has 0 bridgehead atoms. The van der Waals surface area contributed by atoms with Crippen LogP contribution in [-0.2, 0) is 0 Å². The molecule has 0 N–H and O–H groups in total. The smallest absolute Gasteiger partial charge is 0.177 e. The third kappa shape index (κ3) is 4.00. The molecule has 0 aliphatic carbocycles. The monoisotopic (exact) mass is 612 g/mol. The Morgan fingerprint density at radius 3 is 1.33 bits per heavy atom. The van der Waals surface area contributed by atoms with Crippen LogP contribution in [0, 0.1) is 0 Å². The Morgan fingerprint density at radius 1 is 0.271 bits per heavy atom. The van der Waals surface area contributed by atoms with E-state index >= 15 is 0 Å². The van der Waals surface area contributed by atoms with Crippen LogP contribution in [0.3, 0.4) is 0 Å². The van der Waals surface area contributed by atoms with Crippen molar-refractivity contribution >= 4 is 43.1 Å². The highest BCUT2D eigenvalue weighted by atomic mass is 16.6. The summed E-state index contributed by atoms with van der Waals surface area (Å²) in [5.74, 6) is 2.94. The van der Waals surface area contributed by atoms with Crippen molar-refractivity contribution in [1.29, 1.82) is 0 Å². The van der Waals surface area contributed by atoms with Crippen LogP contribution < -0.4 is 9.47 Å². The lowest BCUT2D eigenvalue weighted by molar-refractivity contribution is 0.363. The average Bonchev–Trinajstić information content (AvgIpc) is 3.16. The first-order valence-corrected chi connectivity index (χ1v) is 16.4. The molecule has 0 atom stereocenters. The Labute approximate surface area is 278 Å². The van der Waals surface area contributed by atoms with Gasteiger partial charge in [0.2, 0.25) is 0 Å². The molecule has 9 aromatic carbocycles. The van der Waals surface area contributed by atoms with Crippen LogP contribution in [0.5, 0.6) is 23.0 Å². The highest BCUT2D eigenvalue weighted by Crippen LogP contribution is 2.52. The predicted molar refractivity (Wildman–Crippen MR) is 199 cm³/mol. The van der Waals surface area contributed by atoms with Crippen molar-refractivity contribution in [2.45, 2.75) is 0 Å². The Kier molecular flexibility index (Phi) is 5.91. The van der Waals surface area contributed by atoms with Gasteiger partial charge < -0.3 is 9.47 Å². The van der Waals surface area contributed by atoms with Gasteiger partial charge in [-0.1, -0.05) is 152 Å². The number of fused-ring (bicyclic) bond motifs is 7. The van der Waals surface area contributed by atoms with Gasteiger partial charge >= 0.3 is 0 Å². The molecule has 1 aliphatic rings. The molecule has 0 spiro atoms. The first-order chi connectivity index (χ1) is 23.8. The van der Waals surface area contributed by atoms with E-state index in [2.05, 4.69) is 146 Å². The van der Waals surface area contributed by atoms with Crippen molar-refractivity contribution in [3.63, 3.8) is 0 Å². The molecule has 48 heavy (non-hydrogen) atoms. The molecule has 1 aliphatic heterocycles. The maximum absolute atomic E-state index is 6.47. The molecule has 0 unspecified atom stereocenters. The Hall–Kier alpha value is -6.38. The van der Waals surface area contributed by atoms with Crippen molar-refractivity contribution in [3.8, 4) is 56.4 Å². The third-order valence-electron chi connectivity index (χ3n) is 9.72. The lowest BCUT2D eigenvalue weighted by Crippen LogP contribution is -2.00. The minimum atomic E-state index is 0.726. The SMILES string of the molecule is c1ccc(-c2c3ccccc3c(-c3ccc(-c4cc5c(c6ccccc46)Oc4ccccc4O5)c4ccccc34)c3ccccc23)cc1. The van der Waals surface area contributed by atoms with E-state index in [0.29, 0.717) is 0 Å². The van der Waals surface area contributed by atoms with E-state index in [-0.39, 0.29) is 0 Å². The molecule has 9 aromatic rings. The van der Waals surface area contributed by atoms with Gasteiger partial charge in [-0.25, -0.2) is 0 Å². The number of benzene rings is 9. The third-order valence-corrected chi connectivity index (χ3v) is 9.72. The normalized spacial score (nSPS) is 12.1. The molecular weight excluding hydrogens is 585 g/mol. The number of hydrogen-bond donors (Lipinski definition) is 0. The van der Waals surface area contributed by atoms with Crippen LogP contribution in [0.15, 0.2) is 170 Å². The van der Waals surface area contributed by atoms with Crippen LogP contribution in [-0.4, -0.2) is 0 Å². The summed E-state index contributed by atoms with van der Waals surface area (Å²) in [6.07, 6.45) is 0. The minimum absolute atomic E-state index is 0.726. The van der Waals surface area contributed by atoms with Gasteiger partial charge in [0.1, 0.15) is 0 Å². The molecule has 0 aromatic heterocycles. The van der Waals surface area contributed by atoms with Gasteiger partial charge in [-0.15, -0.1) is 0 Å². The molecule has 2 heteroatoms. The topological polar surface area (TPSA) is 18.5 Å². The van der Waals surface area contributed by atoms with Gasteiger partial charge in [-0.2, -0.15) is 0 Å². The first-order valence-electron chi connectivity index (χ1n) is 16.4. The summed E-state index contributed by atoms with van der Waals surface area (Å²) < 4.78 is 12.9. The molecule has 0 radical (unpaired) electrons. The maximum Gasteiger partial charge on any atom is 0.177 e. The van der Waals surface area contributed by atoms with Crippen LogP contribution in [0.2, 0.25) is 0 Å². The Bertz CT molecular complexity index is 2670. The summed E-state index contributed by atoms with van der Waals surface area (Å²) in [6.45, 7) is 0. The Balaban J connectivity index is 1.25. The summed E-state index contributed by atoms with van der Waals surface area (Å²) in [5, 5.41) is 9.56. The second-order valence-electron chi connectivity index (χ2n) is 12.4. The molecule has 0 amide bonds. The molecule has 0 saturated carbocycles. The van der Waals surface area contributed by atoms with E-state index < -0.39 is 0 Å². The highest BCUT2D eigenvalue weighted by molar-refractivity contribution is 6.24. The van der Waals surface area contributed by atoms with E-state index in [1.165, 1.54) is 54.6 Å². The van der Waals surface area contributed by atoms with Gasteiger partial charge in [0.05, 0.1) is 0 Å². The zero-order valence-corrected chi connectivity index (χ0v) is 26.0. The number of rotatable bonds is 3. The molecule has 10 rings (SSSR count). The van der Waals surface area contributed by atoms with E-state index in [4.69, 9.17) is 9.47 Å². The highest BCUT2D eigenvalue weighted by Gasteiger charge is 2.24. The number of hydrogen-bond acceptors (Lipinski definition) is 2. The summed E-state index contributed by atoms with van der Waals surface area (Å²) in [5.41, 5.74) is 7.25. The second kappa shape index (κ2) is 10.6. The van der Waals surface area contributed by atoms with Crippen LogP contribution in [0.1, 0.15) is 0 Å². The lowest BCUT2D eigenvalue weighted by Gasteiger charge is -2.24. The van der Waals surface area contributed by atoms with Crippen LogP contribution in [0.4, 0.5) is 0 Å². The van der Waals surface area contributed by atoms with Gasteiger partial charge in [0.15, 0.2) is 23.0 Å². The predicted octanol–water partition coefficient (Wildman–Crippen LogP) is 13.2. The van der Waals surface area contributed by atoms with Crippen molar-refractivity contribution < 1.29 is 9.47 Å². The van der Waals surface area contributed by atoms with Crippen LogP contribution >= 0.6 is 0 Å². The average molecular weight is 613 g/mol. The van der Waals surface area contributed by atoms with Crippen LogP contribution in [0.25, 0.3) is 76.5 Å². The van der Waals surface area contributed by atoms with Crippen molar-refractivity contribution in [2.75, 3.05) is 0 Å². The number of para-hydroxylation sites is 2. The fraction of sp³-hybridized carbons (Fsp3) is 0. The fourth-order valence-corrected chi connectivity index (χ4v) is 7.66.